The van der Waals surface area contributed by atoms with Crippen LogP contribution in [0.2, 0.25) is 0 Å². The summed E-state index contributed by atoms with van der Waals surface area (Å²) in [5, 5.41) is 33.8. The number of hydrogen-bond donors (Lipinski definition) is 3. The molecule has 3 N–H and O–H groups in total. The maximum absolute atomic E-state index is 11.9. The van der Waals surface area contributed by atoms with Crippen LogP contribution in [0.1, 0.15) is 107 Å². The average molecular weight is 459 g/mol. The quantitative estimate of drug-likeness (QED) is 0.384. The van der Waals surface area contributed by atoms with E-state index in [4.69, 9.17) is 0 Å². The molecule has 3 heteroatoms. The molecule has 0 heterocycles. The lowest BCUT2D eigenvalue weighted by molar-refractivity contribution is -0.247. The van der Waals surface area contributed by atoms with Crippen LogP contribution in [0.3, 0.4) is 0 Å². The van der Waals surface area contributed by atoms with E-state index in [0.717, 1.165) is 12.8 Å². The highest BCUT2D eigenvalue weighted by Crippen LogP contribution is 2.75. The van der Waals surface area contributed by atoms with Gasteiger partial charge in [-0.15, -0.1) is 0 Å². The van der Waals surface area contributed by atoms with Crippen LogP contribution >= 0.6 is 0 Å². The van der Waals surface area contributed by atoms with Gasteiger partial charge in [-0.1, -0.05) is 67.0 Å². The van der Waals surface area contributed by atoms with Gasteiger partial charge in [0.1, 0.15) is 0 Å². The van der Waals surface area contributed by atoms with Crippen molar-refractivity contribution < 1.29 is 15.3 Å². The molecule has 0 spiro atoms. The molecule has 0 aromatic heterocycles. The van der Waals surface area contributed by atoms with E-state index in [1.807, 2.05) is 0 Å². The molecule has 5 rings (SSSR count). The summed E-state index contributed by atoms with van der Waals surface area (Å²) in [4.78, 5) is 0. The van der Waals surface area contributed by atoms with Crippen molar-refractivity contribution in [2.75, 3.05) is 0 Å². The van der Waals surface area contributed by atoms with E-state index in [2.05, 4.69) is 61.5 Å². The summed E-state index contributed by atoms with van der Waals surface area (Å²) >= 11 is 0. The lowest BCUT2D eigenvalue weighted by Crippen LogP contribution is -2.69. The Morgan fingerprint density at radius 3 is 2.09 bits per heavy atom. The first-order valence-electron chi connectivity index (χ1n) is 13.8. The van der Waals surface area contributed by atoms with Gasteiger partial charge in [0.15, 0.2) is 0 Å². The largest absolute Gasteiger partial charge is 0.390 e. The van der Waals surface area contributed by atoms with Crippen LogP contribution in [0.15, 0.2) is 11.6 Å². The Hall–Kier alpha value is -0.380. The van der Waals surface area contributed by atoms with Gasteiger partial charge in [-0.05, 0) is 95.7 Å². The third kappa shape index (κ3) is 2.97. The maximum atomic E-state index is 11.9. The SMILES string of the molecule is CC1(C)CC[C@]2(C)CC[C@]3(C)C(=C[C@@H](O)[C@@H]4[C@@]5(C)C[C@@H](O)[C@H](O)C(C)(C)C5CC[C@]43C)[C@H]2C1. The second-order valence-electron chi connectivity index (χ2n) is 15.5. The summed E-state index contributed by atoms with van der Waals surface area (Å²) < 4.78 is 0. The van der Waals surface area contributed by atoms with Crippen molar-refractivity contribution in [2.24, 2.45) is 50.2 Å². The average Bonchev–Trinajstić information content (AvgIpc) is 2.69. The van der Waals surface area contributed by atoms with Gasteiger partial charge in [-0.2, -0.15) is 0 Å². The van der Waals surface area contributed by atoms with Crippen LogP contribution in [0.25, 0.3) is 0 Å². The van der Waals surface area contributed by atoms with Gasteiger partial charge in [0.25, 0.3) is 0 Å². The molecule has 0 aliphatic heterocycles. The topological polar surface area (TPSA) is 60.7 Å². The Bertz CT molecular complexity index is 859. The summed E-state index contributed by atoms with van der Waals surface area (Å²) in [6.07, 6.45) is 9.52. The van der Waals surface area contributed by atoms with Gasteiger partial charge in [0.05, 0.1) is 18.3 Å². The Labute approximate surface area is 202 Å². The van der Waals surface area contributed by atoms with Crippen LogP contribution in [0, 0.1) is 50.2 Å². The zero-order valence-corrected chi connectivity index (χ0v) is 22.5. The fourth-order valence-corrected chi connectivity index (χ4v) is 10.8. The molecule has 5 aliphatic rings. The lowest BCUT2D eigenvalue weighted by Gasteiger charge is -2.72. The number of aliphatic hydroxyl groups excluding tert-OH is 3. The Kier molecular flexibility index (Phi) is 5.07. The normalized spacial score (nSPS) is 57.1. The number of allylic oxidation sites excluding steroid dienone is 1. The van der Waals surface area contributed by atoms with Gasteiger partial charge < -0.3 is 15.3 Å². The number of rotatable bonds is 0. The molecular formula is C30H50O3. The van der Waals surface area contributed by atoms with E-state index >= 15 is 0 Å². The summed E-state index contributed by atoms with van der Waals surface area (Å²) in [7, 11) is 0. The molecule has 4 saturated carbocycles. The highest BCUT2D eigenvalue weighted by Gasteiger charge is 2.70. The number of aliphatic hydroxyl groups is 3. The molecule has 0 aromatic carbocycles. The third-order valence-electron chi connectivity index (χ3n) is 13.0. The van der Waals surface area contributed by atoms with Crippen molar-refractivity contribution in [1.82, 2.24) is 0 Å². The highest BCUT2D eigenvalue weighted by molar-refractivity contribution is 5.35. The molecule has 5 aliphatic carbocycles. The van der Waals surface area contributed by atoms with Crippen LogP contribution in [-0.4, -0.2) is 33.6 Å². The maximum Gasteiger partial charge on any atom is 0.0852 e. The Balaban J connectivity index is 1.63. The lowest BCUT2D eigenvalue weighted by atomic mass is 9.33. The minimum atomic E-state index is -0.720. The molecule has 1 unspecified atom stereocenters. The van der Waals surface area contributed by atoms with Gasteiger partial charge >= 0.3 is 0 Å². The summed E-state index contributed by atoms with van der Waals surface area (Å²) in [5.74, 6) is 0.977. The molecule has 3 nitrogen and oxygen atoms in total. The molecule has 0 saturated heterocycles. The molecule has 33 heavy (non-hydrogen) atoms. The van der Waals surface area contributed by atoms with Crippen molar-refractivity contribution in [1.29, 1.82) is 0 Å². The van der Waals surface area contributed by atoms with Gasteiger partial charge in [0.2, 0.25) is 0 Å². The second kappa shape index (κ2) is 6.88. The molecule has 0 aromatic rings. The minimum absolute atomic E-state index is 0.00274. The van der Waals surface area contributed by atoms with E-state index in [9.17, 15) is 15.3 Å². The van der Waals surface area contributed by atoms with Gasteiger partial charge in [-0.25, -0.2) is 0 Å². The fraction of sp³-hybridized carbons (Fsp3) is 0.933. The predicted molar refractivity (Wildman–Crippen MR) is 133 cm³/mol. The first kappa shape index (κ1) is 24.3. The monoisotopic (exact) mass is 458 g/mol. The Morgan fingerprint density at radius 2 is 1.42 bits per heavy atom. The fourth-order valence-electron chi connectivity index (χ4n) is 10.8. The second-order valence-corrected chi connectivity index (χ2v) is 15.5. The summed E-state index contributed by atoms with van der Waals surface area (Å²) in [6.45, 7) is 19.0. The summed E-state index contributed by atoms with van der Waals surface area (Å²) in [6, 6.07) is 0. The Morgan fingerprint density at radius 1 is 0.788 bits per heavy atom. The molecule has 4 fully saturated rings. The van der Waals surface area contributed by atoms with Crippen LogP contribution in [0.4, 0.5) is 0 Å². The van der Waals surface area contributed by atoms with E-state index < -0.39 is 18.3 Å². The van der Waals surface area contributed by atoms with Crippen LogP contribution in [-0.2, 0) is 0 Å². The van der Waals surface area contributed by atoms with Crippen molar-refractivity contribution >= 4 is 0 Å². The van der Waals surface area contributed by atoms with E-state index in [0.29, 0.717) is 29.1 Å². The molecular weight excluding hydrogens is 408 g/mol. The van der Waals surface area contributed by atoms with E-state index in [1.165, 1.54) is 32.1 Å². The van der Waals surface area contributed by atoms with Gasteiger partial charge in [0, 0.05) is 5.92 Å². The molecule has 188 valence electrons. The molecule has 0 amide bonds. The standard InChI is InChI=1S/C30H50O3/c1-25(2)11-12-27(5)13-14-29(7)18(19(27)16-25)15-20(31)23-28(6)17-21(32)24(33)26(3,4)22(28)9-10-30(23,29)8/h15,19-24,31-33H,9-14,16-17H2,1-8H3/t19-,20-,21-,22?,23-,24+,27-,28+,29-,30-/m1/s1. The first-order valence-corrected chi connectivity index (χ1v) is 13.8. The molecule has 0 bridgehead atoms. The van der Waals surface area contributed by atoms with Crippen LogP contribution in [0.5, 0.6) is 0 Å². The van der Waals surface area contributed by atoms with E-state index in [1.54, 1.807) is 5.57 Å². The third-order valence-corrected chi connectivity index (χ3v) is 13.0. The number of hydrogen-bond acceptors (Lipinski definition) is 3. The predicted octanol–water partition coefficient (Wildman–Crippen LogP) is 6.11. The molecule has 0 radical (unpaired) electrons. The summed E-state index contributed by atoms with van der Waals surface area (Å²) in [5.41, 5.74) is 1.84. The van der Waals surface area contributed by atoms with Crippen molar-refractivity contribution in [2.45, 2.75) is 125 Å². The zero-order valence-electron chi connectivity index (χ0n) is 22.5. The number of fused-ring (bicyclic) bond motifs is 7. The van der Waals surface area contributed by atoms with E-state index in [-0.39, 0.29) is 27.6 Å². The van der Waals surface area contributed by atoms with Crippen LogP contribution < -0.4 is 0 Å². The molecule has 10 atom stereocenters. The minimum Gasteiger partial charge on any atom is -0.390 e. The van der Waals surface area contributed by atoms with Crippen molar-refractivity contribution in [3.8, 4) is 0 Å². The highest BCUT2D eigenvalue weighted by atomic mass is 16.3. The van der Waals surface area contributed by atoms with Gasteiger partial charge in [-0.3, -0.25) is 0 Å². The zero-order chi connectivity index (χ0) is 24.4. The van der Waals surface area contributed by atoms with Crippen molar-refractivity contribution in [3.05, 3.63) is 11.6 Å². The van der Waals surface area contributed by atoms with Crippen molar-refractivity contribution in [3.63, 3.8) is 0 Å². The smallest absolute Gasteiger partial charge is 0.0852 e. The first-order chi connectivity index (χ1) is 15.0.